The van der Waals surface area contributed by atoms with Gasteiger partial charge >= 0.3 is 11.7 Å². The highest BCUT2D eigenvalue weighted by atomic mass is 19.1. The molecule has 0 aliphatic heterocycles. The average molecular weight is 488 g/mol. The van der Waals surface area contributed by atoms with E-state index in [1.54, 1.807) is 0 Å². The minimum atomic E-state index is -1.12. The van der Waals surface area contributed by atoms with Gasteiger partial charge in [0, 0.05) is 18.7 Å². The van der Waals surface area contributed by atoms with E-state index in [1.165, 1.54) is 42.1 Å². The normalized spacial score (nSPS) is 12.8. The lowest BCUT2D eigenvalue weighted by Crippen LogP contribution is -2.31. The molecule has 0 aliphatic rings. The summed E-state index contributed by atoms with van der Waals surface area (Å²) in [4.78, 5) is 22.5. The summed E-state index contributed by atoms with van der Waals surface area (Å²) in [6.07, 6.45) is 1.23. The predicted molar refractivity (Wildman–Crippen MR) is 120 cm³/mol. The summed E-state index contributed by atoms with van der Waals surface area (Å²) >= 11 is 0. The van der Waals surface area contributed by atoms with E-state index in [0.717, 1.165) is 18.9 Å². The van der Waals surface area contributed by atoms with Gasteiger partial charge in [-0.15, -0.1) is 5.10 Å². The van der Waals surface area contributed by atoms with Crippen LogP contribution in [-0.4, -0.2) is 48.4 Å². The lowest BCUT2D eigenvalue weighted by atomic mass is 9.98. The third kappa shape index (κ3) is 6.06. The molecule has 2 aromatic carbocycles. The minimum absolute atomic E-state index is 0.148. The van der Waals surface area contributed by atoms with Crippen molar-refractivity contribution in [3.05, 3.63) is 69.3 Å². The summed E-state index contributed by atoms with van der Waals surface area (Å²) in [7, 11) is 1.25. The van der Waals surface area contributed by atoms with E-state index >= 15 is 0 Å². The van der Waals surface area contributed by atoms with E-state index in [9.17, 15) is 29.5 Å². The zero-order valence-electron chi connectivity index (χ0n) is 19.1. The molecule has 1 aromatic heterocycles. The molecule has 0 saturated heterocycles. The van der Waals surface area contributed by atoms with Gasteiger partial charge in [-0.1, -0.05) is 25.5 Å². The van der Waals surface area contributed by atoms with Crippen LogP contribution in [0, 0.1) is 15.9 Å². The highest BCUT2D eigenvalue weighted by Crippen LogP contribution is 2.40. The maximum Gasteiger partial charge on any atom is 0.315 e. The molecular weight excluding hydrogens is 463 g/mol. The molecule has 0 saturated carbocycles. The van der Waals surface area contributed by atoms with Crippen LogP contribution in [0.4, 0.5) is 10.1 Å². The summed E-state index contributed by atoms with van der Waals surface area (Å²) in [5.74, 6) is -2.12. The van der Waals surface area contributed by atoms with Crippen LogP contribution < -0.4 is 10.1 Å². The Morgan fingerprint density at radius 3 is 2.60 bits per heavy atom. The molecule has 2 unspecified atom stereocenters. The van der Waals surface area contributed by atoms with Crippen LogP contribution in [0.3, 0.4) is 0 Å². The smallest absolute Gasteiger partial charge is 0.315 e. The van der Waals surface area contributed by atoms with E-state index in [0.29, 0.717) is 12.1 Å². The molecule has 3 rings (SSSR count). The lowest BCUT2D eigenvalue weighted by Gasteiger charge is -2.25. The van der Waals surface area contributed by atoms with E-state index in [-0.39, 0.29) is 23.6 Å². The molecule has 2 atom stereocenters. The number of unbranched alkanes of at least 4 members (excludes halogenated alkanes) is 1. The molecule has 0 spiro atoms. The first-order valence-corrected chi connectivity index (χ1v) is 10.8. The first-order valence-electron chi connectivity index (χ1n) is 10.8. The number of tetrazole rings is 1. The Morgan fingerprint density at radius 1 is 1.29 bits per heavy atom. The van der Waals surface area contributed by atoms with Crippen molar-refractivity contribution in [2.24, 2.45) is 0 Å². The molecule has 12 nitrogen and oxygen atoms in total. The number of methoxy groups -OCH3 is 1. The van der Waals surface area contributed by atoms with Gasteiger partial charge in [0.15, 0.2) is 11.6 Å². The number of aliphatic carboxylic acids is 1. The van der Waals surface area contributed by atoms with E-state index < -0.39 is 40.2 Å². The highest BCUT2D eigenvalue weighted by molar-refractivity contribution is 5.68. The second-order valence-corrected chi connectivity index (χ2v) is 7.76. The molecule has 0 bridgehead atoms. The quantitative estimate of drug-likeness (QED) is 0.255. The Morgan fingerprint density at radius 2 is 2.00 bits per heavy atom. The van der Waals surface area contributed by atoms with Gasteiger partial charge in [-0.3, -0.25) is 20.2 Å². The molecular formula is C22H25FN6O6. The van der Waals surface area contributed by atoms with Gasteiger partial charge in [0.2, 0.25) is 5.75 Å². The number of aromatic nitrogens is 4. The molecule has 1 heterocycles. The number of nitrogens with one attached hydrogen (secondary N) is 1. The van der Waals surface area contributed by atoms with Crippen molar-refractivity contribution in [1.82, 2.24) is 25.5 Å². The number of carboxylic acids is 1. The second kappa shape index (κ2) is 11.3. The number of carboxylic acid groups (broad SMARTS) is 1. The van der Waals surface area contributed by atoms with Crippen LogP contribution >= 0.6 is 0 Å². The number of hydrogen-bond donors (Lipinski definition) is 3. The fourth-order valence-corrected chi connectivity index (χ4v) is 3.62. The minimum Gasteiger partial charge on any atom is -0.500 e. The summed E-state index contributed by atoms with van der Waals surface area (Å²) in [6.45, 7) is 2.44. The largest absolute Gasteiger partial charge is 0.500 e. The Kier molecular flexibility index (Phi) is 8.25. The number of ether oxygens (including phenoxy) is 1. The van der Waals surface area contributed by atoms with Gasteiger partial charge < -0.3 is 14.9 Å². The number of phenolic OH excluding ortho intramolecular Hbond substituents is 1. The summed E-state index contributed by atoms with van der Waals surface area (Å²) in [5, 5.41) is 46.3. The van der Waals surface area contributed by atoms with Crippen LogP contribution in [-0.2, 0) is 11.3 Å². The zero-order valence-corrected chi connectivity index (χ0v) is 19.1. The number of halogens is 1. The average Bonchev–Trinajstić information content (AvgIpc) is 3.29. The molecule has 3 aromatic rings. The number of carbonyl (C=O) groups is 1. The number of aryl methyl sites for hydroxylation is 1. The third-order valence-electron chi connectivity index (χ3n) is 5.39. The van der Waals surface area contributed by atoms with Crippen LogP contribution in [0.1, 0.15) is 55.2 Å². The predicted octanol–water partition coefficient (Wildman–Crippen LogP) is 3.13. The van der Waals surface area contributed by atoms with Gasteiger partial charge in [-0.25, -0.2) is 9.07 Å². The first kappa shape index (κ1) is 25.5. The van der Waals surface area contributed by atoms with Crippen molar-refractivity contribution in [2.75, 3.05) is 7.11 Å². The van der Waals surface area contributed by atoms with Crippen LogP contribution in [0.25, 0.3) is 0 Å². The standard InChI is InChI=1S/C22H25FN6O6/c1-3-4-9-28-22(25-26-27-28)20(14-10-17(29(33)34)21(32)18(11-14)35-2)24-16(12-19(30)31)13-5-7-15(23)8-6-13/h5-8,10-11,16,20,24,32H,3-4,9,12H2,1-2H3,(H,30,31). The molecule has 3 N–H and O–H groups in total. The second-order valence-electron chi connectivity index (χ2n) is 7.76. The van der Waals surface area contributed by atoms with E-state index in [4.69, 9.17) is 4.74 Å². The first-order chi connectivity index (χ1) is 16.7. The lowest BCUT2D eigenvalue weighted by molar-refractivity contribution is -0.386. The maximum absolute atomic E-state index is 13.5. The number of nitrogens with zero attached hydrogens (tertiary/aromatic N) is 5. The van der Waals surface area contributed by atoms with E-state index in [1.807, 2.05) is 6.92 Å². The monoisotopic (exact) mass is 488 g/mol. The van der Waals surface area contributed by atoms with Crippen molar-refractivity contribution < 1.29 is 29.1 Å². The number of nitro groups is 1. The Hall–Kier alpha value is -4.13. The van der Waals surface area contributed by atoms with Gasteiger partial charge in [0.25, 0.3) is 0 Å². The van der Waals surface area contributed by atoms with Crippen molar-refractivity contribution >= 4 is 11.7 Å². The molecule has 0 aliphatic carbocycles. The summed E-state index contributed by atoms with van der Waals surface area (Å²) in [6, 6.07) is 6.08. The topological polar surface area (TPSA) is 166 Å². The van der Waals surface area contributed by atoms with Gasteiger partial charge in [-0.05, 0) is 46.2 Å². The number of rotatable bonds is 12. The zero-order chi connectivity index (χ0) is 25.5. The van der Waals surface area contributed by atoms with Crippen molar-refractivity contribution in [1.29, 1.82) is 0 Å². The van der Waals surface area contributed by atoms with Crippen molar-refractivity contribution in [3.63, 3.8) is 0 Å². The summed E-state index contributed by atoms with van der Waals surface area (Å²) in [5.41, 5.74) is 0.137. The molecule has 0 amide bonds. The van der Waals surface area contributed by atoms with E-state index in [2.05, 4.69) is 20.8 Å². The number of aromatic hydroxyl groups is 1. The highest BCUT2D eigenvalue weighted by Gasteiger charge is 2.30. The molecule has 13 heteroatoms. The van der Waals surface area contributed by atoms with Crippen LogP contribution in [0.15, 0.2) is 36.4 Å². The SMILES string of the molecule is CCCCn1nnnc1C(NC(CC(=O)O)c1ccc(F)cc1)c1cc(OC)c(O)c([N+](=O)[O-])c1. The summed E-state index contributed by atoms with van der Waals surface area (Å²) < 4.78 is 20.2. The molecule has 0 radical (unpaired) electrons. The number of hydrogen-bond acceptors (Lipinski definition) is 9. The Labute approximate surface area is 199 Å². The number of benzene rings is 2. The van der Waals surface area contributed by atoms with Gasteiger partial charge in [0.1, 0.15) is 5.82 Å². The van der Waals surface area contributed by atoms with Gasteiger partial charge in [-0.2, -0.15) is 0 Å². The Balaban J connectivity index is 2.16. The van der Waals surface area contributed by atoms with Gasteiger partial charge in [0.05, 0.1) is 24.5 Å². The van der Waals surface area contributed by atoms with Crippen molar-refractivity contribution in [2.45, 2.75) is 44.8 Å². The fourth-order valence-electron chi connectivity index (χ4n) is 3.62. The van der Waals surface area contributed by atoms with Crippen LogP contribution in [0.2, 0.25) is 0 Å². The maximum atomic E-state index is 13.5. The molecule has 186 valence electrons. The number of nitro benzene ring substituents is 1. The van der Waals surface area contributed by atoms with Crippen LogP contribution in [0.5, 0.6) is 11.5 Å². The molecule has 35 heavy (non-hydrogen) atoms. The van der Waals surface area contributed by atoms with Crippen molar-refractivity contribution in [3.8, 4) is 11.5 Å². The third-order valence-corrected chi connectivity index (χ3v) is 5.39. The molecule has 0 fully saturated rings. The fraction of sp³-hybridized carbons (Fsp3) is 0.364. The Bertz CT molecular complexity index is 1190. The number of phenols is 1.